The lowest BCUT2D eigenvalue weighted by Crippen LogP contribution is -2.39. The van der Waals surface area contributed by atoms with Crippen molar-refractivity contribution in [3.05, 3.63) is 77.6 Å². The van der Waals surface area contributed by atoms with Crippen LogP contribution >= 0.6 is 0 Å². The monoisotopic (exact) mass is 435 g/mol. The summed E-state index contributed by atoms with van der Waals surface area (Å²) < 4.78 is 7.54. The van der Waals surface area contributed by atoms with Crippen LogP contribution in [0.4, 0.5) is 0 Å². The molecule has 0 amide bonds. The van der Waals surface area contributed by atoms with Crippen LogP contribution in [0.2, 0.25) is 0 Å². The Morgan fingerprint density at radius 3 is 2.50 bits per heavy atom. The van der Waals surface area contributed by atoms with Crippen LogP contribution in [-0.2, 0) is 6.54 Å². The van der Waals surface area contributed by atoms with Gasteiger partial charge in [-0.15, -0.1) is 0 Å². The van der Waals surface area contributed by atoms with Crippen molar-refractivity contribution in [2.45, 2.75) is 46.4 Å². The zero-order chi connectivity index (χ0) is 22.9. The molecule has 0 fully saturated rings. The molecule has 1 unspecified atom stereocenters. The lowest BCUT2D eigenvalue weighted by atomic mass is 10.1. The van der Waals surface area contributed by atoms with Crippen LogP contribution in [0.25, 0.3) is 5.69 Å². The summed E-state index contributed by atoms with van der Waals surface area (Å²) in [5, 5.41) is 21.6. The SMILES string of the molecule is CCNC(=NCc1ccccc1-n1ccc(C)n1)NCC(O)c1ccc(OC(C)C)cc1. The third-order valence-electron chi connectivity index (χ3n) is 4.81. The fourth-order valence-electron chi connectivity index (χ4n) is 3.28. The van der Waals surface area contributed by atoms with Gasteiger partial charge in [0, 0.05) is 19.3 Å². The van der Waals surface area contributed by atoms with E-state index in [1.54, 1.807) is 0 Å². The normalized spacial score (nSPS) is 12.6. The number of guanidine groups is 1. The Labute approximate surface area is 190 Å². The average molecular weight is 436 g/mol. The number of para-hydroxylation sites is 1. The van der Waals surface area contributed by atoms with Crippen LogP contribution in [0.5, 0.6) is 5.75 Å². The van der Waals surface area contributed by atoms with Gasteiger partial charge in [-0.1, -0.05) is 30.3 Å². The number of rotatable bonds is 9. The van der Waals surface area contributed by atoms with Gasteiger partial charge in [0.15, 0.2) is 5.96 Å². The third kappa shape index (κ3) is 6.59. The molecular weight excluding hydrogens is 402 g/mol. The van der Waals surface area contributed by atoms with Gasteiger partial charge < -0.3 is 20.5 Å². The molecule has 0 saturated carbocycles. The number of aliphatic imine (C=N–C) groups is 1. The van der Waals surface area contributed by atoms with Crippen molar-refractivity contribution in [2.75, 3.05) is 13.1 Å². The van der Waals surface area contributed by atoms with Gasteiger partial charge in [-0.25, -0.2) is 9.67 Å². The Hall–Kier alpha value is -3.32. The van der Waals surface area contributed by atoms with Crippen molar-refractivity contribution in [3.8, 4) is 11.4 Å². The number of aromatic nitrogens is 2. The average Bonchev–Trinajstić information content (AvgIpc) is 3.22. The molecule has 7 heteroatoms. The lowest BCUT2D eigenvalue weighted by Gasteiger charge is -2.17. The van der Waals surface area contributed by atoms with Gasteiger partial charge in [-0.2, -0.15) is 5.10 Å². The number of aliphatic hydroxyl groups excluding tert-OH is 1. The smallest absolute Gasteiger partial charge is 0.191 e. The molecule has 7 nitrogen and oxygen atoms in total. The number of hydrogen-bond donors (Lipinski definition) is 3. The maximum Gasteiger partial charge on any atom is 0.191 e. The molecule has 1 atom stereocenters. The van der Waals surface area contributed by atoms with E-state index in [4.69, 9.17) is 9.73 Å². The minimum absolute atomic E-state index is 0.119. The first-order valence-electron chi connectivity index (χ1n) is 11.0. The molecule has 0 bridgehead atoms. The van der Waals surface area contributed by atoms with Gasteiger partial charge in [0.1, 0.15) is 5.75 Å². The van der Waals surface area contributed by atoms with Gasteiger partial charge in [-0.3, -0.25) is 0 Å². The van der Waals surface area contributed by atoms with E-state index in [1.165, 1.54) is 0 Å². The summed E-state index contributed by atoms with van der Waals surface area (Å²) in [6.45, 7) is 9.52. The van der Waals surface area contributed by atoms with Gasteiger partial charge in [0.05, 0.1) is 30.1 Å². The molecule has 0 aliphatic rings. The number of aliphatic hydroxyl groups is 1. The number of nitrogens with one attached hydrogen (secondary N) is 2. The molecule has 3 N–H and O–H groups in total. The zero-order valence-corrected chi connectivity index (χ0v) is 19.2. The fraction of sp³-hybridized carbons (Fsp3) is 0.360. The fourth-order valence-corrected chi connectivity index (χ4v) is 3.28. The van der Waals surface area contributed by atoms with E-state index < -0.39 is 6.10 Å². The highest BCUT2D eigenvalue weighted by molar-refractivity contribution is 5.79. The van der Waals surface area contributed by atoms with Gasteiger partial charge >= 0.3 is 0 Å². The van der Waals surface area contributed by atoms with Crippen molar-refractivity contribution in [3.63, 3.8) is 0 Å². The molecule has 0 aliphatic carbocycles. The maximum absolute atomic E-state index is 10.6. The Kier molecular flexibility index (Phi) is 8.27. The first-order valence-corrected chi connectivity index (χ1v) is 11.0. The minimum Gasteiger partial charge on any atom is -0.491 e. The summed E-state index contributed by atoms with van der Waals surface area (Å²) in [5.74, 6) is 1.45. The van der Waals surface area contributed by atoms with Crippen LogP contribution < -0.4 is 15.4 Å². The largest absolute Gasteiger partial charge is 0.491 e. The molecule has 3 rings (SSSR count). The summed E-state index contributed by atoms with van der Waals surface area (Å²) in [6.07, 6.45) is 1.41. The molecule has 0 saturated heterocycles. The summed E-state index contributed by atoms with van der Waals surface area (Å²) in [5.41, 5.74) is 3.86. The second kappa shape index (κ2) is 11.3. The number of nitrogens with zero attached hydrogens (tertiary/aromatic N) is 3. The summed E-state index contributed by atoms with van der Waals surface area (Å²) in [7, 11) is 0. The molecule has 1 aromatic heterocycles. The van der Waals surface area contributed by atoms with Crippen molar-refractivity contribution in [1.82, 2.24) is 20.4 Å². The second-order valence-corrected chi connectivity index (χ2v) is 7.86. The van der Waals surface area contributed by atoms with Crippen LogP contribution in [0.15, 0.2) is 65.8 Å². The minimum atomic E-state index is -0.661. The van der Waals surface area contributed by atoms with Crippen LogP contribution in [-0.4, -0.2) is 40.0 Å². The van der Waals surface area contributed by atoms with E-state index >= 15 is 0 Å². The van der Waals surface area contributed by atoms with Crippen LogP contribution in [0.3, 0.4) is 0 Å². The molecule has 170 valence electrons. The predicted molar refractivity (Wildman–Crippen MR) is 128 cm³/mol. The standard InChI is InChI=1S/C25H33N5O2/c1-5-26-25(28-17-24(31)20-10-12-22(13-11-20)32-18(2)3)27-16-21-8-6-7-9-23(21)30-15-14-19(4)29-30/h6-15,18,24,31H,5,16-17H2,1-4H3,(H2,26,27,28). The Balaban J connectivity index is 1.64. The van der Waals surface area contributed by atoms with Gasteiger partial charge in [0.2, 0.25) is 0 Å². The van der Waals surface area contributed by atoms with E-state index in [0.29, 0.717) is 19.0 Å². The number of aryl methyl sites for hydroxylation is 1. The predicted octanol–water partition coefficient (Wildman–Crippen LogP) is 3.76. The summed E-state index contributed by atoms with van der Waals surface area (Å²) >= 11 is 0. The van der Waals surface area contributed by atoms with Crippen molar-refractivity contribution < 1.29 is 9.84 Å². The van der Waals surface area contributed by atoms with E-state index in [0.717, 1.165) is 34.8 Å². The zero-order valence-electron chi connectivity index (χ0n) is 19.2. The lowest BCUT2D eigenvalue weighted by molar-refractivity contribution is 0.180. The van der Waals surface area contributed by atoms with E-state index in [2.05, 4.69) is 21.8 Å². The summed E-state index contributed by atoms with van der Waals surface area (Å²) in [4.78, 5) is 4.71. The molecule has 0 spiro atoms. The van der Waals surface area contributed by atoms with Crippen LogP contribution in [0, 0.1) is 6.92 Å². The highest BCUT2D eigenvalue weighted by Gasteiger charge is 2.10. The molecule has 0 radical (unpaired) electrons. The maximum atomic E-state index is 10.6. The molecular formula is C25H33N5O2. The first-order chi connectivity index (χ1) is 15.5. The highest BCUT2D eigenvalue weighted by Crippen LogP contribution is 2.19. The van der Waals surface area contributed by atoms with Crippen molar-refractivity contribution in [1.29, 1.82) is 0 Å². The summed E-state index contributed by atoms with van der Waals surface area (Å²) in [6, 6.07) is 17.6. The van der Waals surface area contributed by atoms with Gasteiger partial charge in [-0.05, 0) is 63.1 Å². The van der Waals surface area contributed by atoms with E-state index in [9.17, 15) is 5.11 Å². The molecule has 2 aromatic carbocycles. The van der Waals surface area contributed by atoms with Crippen LogP contribution in [0.1, 0.15) is 43.7 Å². The van der Waals surface area contributed by atoms with E-state index in [-0.39, 0.29) is 6.10 Å². The number of hydrogen-bond acceptors (Lipinski definition) is 4. The van der Waals surface area contributed by atoms with Crippen molar-refractivity contribution >= 4 is 5.96 Å². The molecule has 3 aromatic rings. The molecule has 32 heavy (non-hydrogen) atoms. The first kappa shape index (κ1) is 23.3. The third-order valence-corrected chi connectivity index (χ3v) is 4.81. The van der Waals surface area contributed by atoms with Crippen molar-refractivity contribution in [2.24, 2.45) is 4.99 Å². The van der Waals surface area contributed by atoms with Gasteiger partial charge in [0.25, 0.3) is 0 Å². The Morgan fingerprint density at radius 2 is 1.84 bits per heavy atom. The quantitative estimate of drug-likeness (QED) is 0.352. The molecule has 1 heterocycles. The highest BCUT2D eigenvalue weighted by atomic mass is 16.5. The topological polar surface area (TPSA) is 83.7 Å². The second-order valence-electron chi connectivity index (χ2n) is 7.86. The Morgan fingerprint density at radius 1 is 1.09 bits per heavy atom. The molecule has 0 aliphatic heterocycles. The number of benzene rings is 2. The number of ether oxygens (including phenoxy) is 1. The van der Waals surface area contributed by atoms with E-state index in [1.807, 2.05) is 87.1 Å². The Bertz CT molecular complexity index is 1010.